The lowest BCUT2D eigenvalue weighted by molar-refractivity contribution is 0.0948. The summed E-state index contributed by atoms with van der Waals surface area (Å²) in [4.78, 5) is 24.3. The molecule has 2 rings (SSSR count). The molecule has 138 valence electrons. The number of benzene rings is 2. The van der Waals surface area contributed by atoms with Gasteiger partial charge in [0.1, 0.15) is 11.5 Å². The lowest BCUT2D eigenvalue weighted by atomic mass is 10.2. The number of amides is 2. The highest BCUT2D eigenvalue weighted by atomic mass is 79.9. The van der Waals surface area contributed by atoms with E-state index in [2.05, 4.69) is 36.8 Å². The summed E-state index contributed by atoms with van der Waals surface area (Å²) in [6.45, 7) is 1.82. The number of hydrogen-bond donors (Lipinski definition) is 2. The van der Waals surface area contributed by atoms with Crippen molar-refractivity contribution >= 4 is 49.5 Å². The van der Waals surface area contributed by atoms with Crippen molar-refractivity contribution in [1.82, 2.24) is 5.32 Å². The lowest BCUT2D eigenvalue weighted by Gasteiger charge is -2.23. The van der Waals surface area contributed by atoms with Crippen LogP contribution in [-0.4, -0.2) is 40.9 Å². The number of carbonyl (C=O) groups excluding carboxylic acids is 1. The Kier molecular flexibility index (Phi) is 7.93. The summed E-state index contributed by atoms with van der Waals surface area (Å²) in [6.07, 6.45) is -1.38. The minimum atomic E-state index is -1.38. The van der Waals surface area contributed by atoms with E-state index in [9.17, 15) is 9.59 Å². The maximum atomic E-state index is 11.6. The van der Waals surface area contributed by atoms with Gasteiger partial charge >= 0.3 is 6.09 Å². The average molecular weight is 486 g/mol. The number of rotatable bonds is 8. The van der Waals surface area contributed by atoms with E-state index in [0.717, 1.165) is 29.4 Å². The zero-order chi connectivity index (χ0) is 18.9. The molecule has 0 unspecified atom stereocenters. The van der Waals surface area contributed by atoms with Gasteiger partial charge in [-0.3, -0.25) is 10.1 Å². The highest BCUT2D eigenvalue weighted by Gasteiger charge is 2.09. The zero-order valence-electron chi connectivity index (χ0n) is 13.8. The second kappa shape index (κ2) is 10.2. The SMILES string of the molecule is O=C(O)NC(=O)c1ccc(Oc2ccc(N(CCBr)CCBr)cc2)cc1. The van der Waals surface area contributed by atoms with Gasteiger partial charge in [0, 0.05) is 35.0 Å². The maximum Gasteiger partial charge on any atom is 0.411 e. The van der Waals surface area contributed by atoms with Crippen molar-refractivity contribution in [2.75, 3.05) is 28.6 Å². The molecule has 0 atom stereocenters. The van der Waals surface area contributed by atoms with Gasteiger partial charge in [-0.25, -0.2) is 4.79 Å². The molecule has 0 saturated carbocycles. The summed E-state index contributed by atoms with van der Waals surface area (Å²) in [5.74, 6) is 0.559. The molecule has 2 amide bonds. The van der Waals surface area contributed by atoms with Gasteiger partial charge in [0.05, 0.1) is 0 Å². The zero-order valence-corrected chi connectivity index (χ0v) is 17.0. The Morgan fingerprint density at radius 1 is 0.923 bits per heavy atom. The van der Waals surface area contributed by atoms with Crippen LogP contribution in [0, 0.1) is 0 Å². The first kappa shape index (κ1) is 20.3. The molecule has 0 spiro atoms. The Morgan fingerprint density at radius 3 is 1.88 bits per heavy atom. The first-order valence-corrected chi connectivity index (χ1v) is 10.1. The summed E-state index contributed by atoms with van der Waals surface area (Å²) in [5.41, 5.74) is 1.35. The van der Waals surface area contributed by atoms with E-state index in [0.29, 0.717) is 11.5 Å². The van der Waals surface area contributed by atoms with Crippen LogP contribution in [0.15, 0.2) is 48.5 Å². The smallest absolute Gasteiger partial charge is 0.411 e. The van der Waals surface area contributed by atoms with E-state index in [1.54, 1.807) is 17.4 Å². The third-order valence-electron chi connectivity index (χ3n) is 3.48. The Bertz CT molecular complexity index is 730. The predicted molar refractivity (Wildman–Crippen MR) is 108 cm³/mol. The van der Waals surface area contributed by atoms with E-state index < -0.39 is 12.0 Å². The van der Waals surface area contributed by atoms with Crippen molar-refractivity contribution in [3.05, 3.63) is 54.1 Å². The van der Waals surface area contributed by atoms with Gasteiger partial charge in [-0.05, 0) is 48.5 Å². The van der Waals surface area contributed by atoms with Crippen molar-refractivity contribution in [2.45, 2.75) is 0 Å². The van der Waals surface area contributed by atoms with Crippen LogP contribution in [0.25, 0.3) is 0 Å². The fraction of sp³-hybridized carbons (Fsp3) is 0.222. The van der Waals surface area contributed by atoms with E-state index in [1.165, 1.54) is 12.1 Å². The van der Waals surface area contributed by atoms with E-state index in [-0.39, 0.29) is 5.56 Å². The molecule has 0 aliphatic carbocycles. The van der Waals surface area contributed by atoms with Gasteiger partial charge < -0.3 is 14.7 Å². The molecule has 0 aliphatic heterocycles. The average Bonchev–Trinajstić information content (AvgIpc) is 2.62. The van der Waals surface area contributed by atoms with E-state index >= 15 is 0 Å². The Labute approximate surface area is 168 Å². The number of anilines is 1. The van der Waals surface area contributed by atoms with Crippen molar-refractivity contribution < 1.29 is 19.4 Å². The Hall–Kier alpha value is -2.06. The Balaban J connectivity index is 2.02. The number of halogens is 2. The summed E-state index contributed by atoms with van der Waals surface area (Å²) in [5, 5.41) is 12.1. The van der Waals surface area contributed by atoms with Crippen LogP contribution in [0.2, 0.25) is 0 Å². The summed E-state index contributed by atoms with van der Waals surface area (Å²) < 4.78 is 5.76. The molecule has 2 N–H and O–H groups in total. The molecule has 2 aromatic carbocycles. The van der Waals surface area contributed by atoms with Crippen LogP contribution in [0.3, 0.4) is 0 Å². The van der Waals surface area contributed by atoms with Crippen LogP contribution in [0.4, 0.5) is 10.5 Å². The quantitative estimate of drug-likeness (QED) is 0.539. The maximum absolute atomic E-state index is 11.6. The summed E-state index contributed by atoms with van der Waals surface area (Å²) in [7, 11) is 0. The highest BCUT2D eigenvalue weighted by molar-refractivity contribution is 9.09. The third kappa shape index (κ3) is 6.03. The molecule has 0 aromatic heterocycles. The third-order valence-corrected chi connectivity index (χ3v) is 4.19. The first-order chi connectivity index (χ1) is 12.5. The predicted octanol–water partition coefficient (Wildman–Crippen LogP) is 4.48. The number of ether oxygens (including phenoxy) is 1. The van der Waals surface area contributed by atoms with Crippen molar-refractivity contribution in [3.8, 4) is 11.5 Å². The summed E-state index contributed by atoms with van der Waals surface area (Å²) in [6, 6.07) is 14.0. The van der Waals surface area contributed by atoms with Crippen LogP contribution in [0.1, 0.15) is 10.4 Å². The number of alkyl halides is 2. The van der Waals surface area contributed by atoms with Gasteiger partial charge in [0.2, 0.25) is 0 Å². The standard InChI is InChI=1S/C18H18Br2N2O4/c19-9-11-22(12-10-20)14-3-7-16(8-4-14)26-15-5-1-13(2-6-15)17(23)21-18(24)25/h1-8H,9-12H2,(H,21,23)(H,24,25). The van der Waals surface area contributed by atoms with Crippen molar-refractivity contribution in [2.24, 2.45) is 0 Å². The van der Waals surface area contributed by atoms with Gasteiger partial charge in [-0.1, -0.05) is 31.9 Å². The van der Waals surface area contributed by atoms with E-state index in [1.807, 2.05) is 24.3 Å². The molecular formula is C18H18Br2N2O4. The topological polar surface area (TPSA) is 78.9 Å². The number of hydrogen-bond acceptors (Lipinski definition) is 4. The van der Waals surface area contributed by atoms with Crippen LogP contribution < -0.4 is 15.0 Å². The molecule has 0 bridgehead atoms. The molecule has 0 heterocycles. The largest absolute Gasteiger partial charge is 0.465 e. The fourth-order valence-electron chi connectivity index (χ4n) is 2.28. The van der Waals surface area contributed by atoms with Gasteiger partial charge in [0.25, 0.3) is 5.91 Å². The second-order valence-corrected chi connectivity index (χ2v) is 6.83. The van der Waals surface area contributed by atoms with Crippen LogP contribution >= 0.6 is 31.9 Å². The lowest BCUT2D eigenvalue weighted by Crippen LogP contribution is -2.28. The first-order valence-electron chi connectivity index (χ1n) is 7.82. The second-order valence-electron chi connectivity index (χ2n) is 5.24. The molecule has 26 heavy (non-hydrogen) atoms. The molecular weight excluding hydrogens is 468 g/mol. The van der Waals surface area contributed by atoms with Gasteiger partial charge in [-0.15, -0.1) is 0 Å². The normalized spacial score (nSPS) is 10.2. The number of nitrogens with one attached hydrogen (secondary N) is 1. The monoisotopic (exact) mass is 484 g/mol. The molecule has 0 radical (unpaired) electrons. The molecule has 0 aliphatic rings. The molecule has 0 fully saturated rings. The van der Waals surface area contributed by atoms with Crippen LogP contribution in [-0.2, 0) is 0 Å². The molecule has 8 heteroatoms. The van der Waals surface area contributed by atoms with Crippen molar-refractivity contribution in [3.63, 3.8) is 0 Å². The summed E-state index contributed by atoms with van der Waals surface area (Å²) >= 11 is 6.92. The van der Waals surface area contributed by atoms with Crippen molar-refractivity contribution in [1.29, 1.82) is 0 Å². The van der Waals surface area contributed by atoms with E-state index in [4.69, 9.17) is 9.84 Å². The minimum absolute atomic E-state index is 0.246. The minimum Gasteiger partial charge on any atom is -0.465 e. The van der Waals surface area contributed by atoms with Crippen LogP contribution in [0.5, 0.6) is 11.5 Å². The fourth-order valence-corrected chi connectivity index (χ4v) is 3.13. The molecule has 2 aromatic rings. The number of imide groups is 1. The number of carbonyl (C=O) groups is 2. The number of carboxylic acid groups (broad SMARTS) is 1. The van der Waals surface area contributed by atoms with Gasteiger partial charge in [-0.2, -0.15) is 0 Å². The molecule has 6 nitrogen and oxygen atoms in total. The number of nitrogens with zero attached hydrogens (tertiary/aromatic N) is 1. The molecule has 0 saturated heterocycles. The highest BCUT2D eigenvalue weighted by Crippen LogP contribution is 2.25. The van der Waals surface area contributed by atoms with Gasteiger partial charge in [0.15, 0.2) is 0 Å². The Morgan fingerprint density at radius 2 is 1.42 bits per heavy atom.